The Hall–Kier alpha value is -0.840. The molecule has 0 N–H and O–H groups in total. The largest absolute Gasteiger partial charge is 0.466 e. The van der Waals surface area contributed by atoms with Gasteiger partial charge < -0.3 is 4.74 Å². The van der Waals surface area contributed by atoms with Gasteiger partial charge in [-0.3, -0.25) is 0 Å². The van der Waals surface area contributed by atoms with Crippen molar-refractivity contribution in [1.82, 2.24) is 0 Å². The molecule has 0 aromatic rings. The van der Waals surface area contributed by atoms with Crippen LogP contribution in [0.3, 0.4) is 0 Å². The lowest BCUT2D eigenvalue weighted by molar-refractivity contribution is -0.134. The average Bonchev–Trinajstić information content (AvgIpc) is 1.98. The third kappa shape index (κ3) is 6.33. The molecule has 0 bridgehead atoms. The first-order valence-corrected chi connectivity index (χ1v) is 5.57. The summed E-state index contributed by atoms with van der Waals surface area (Å²) in [5.41, 5.74) is 0. The molecule has 0 fully saturated rings. The molecule has 0 saturated heterocycles. The van der Waals surface area contributed by atoms with Crippen LogP contribution < -0.4 is 0 Å². The lowest BCUT2D eigenvalue weighted by Crippen LogP contribution is -2.09. The Bertz CT molecular complexity index is 287. The number of carbonyl (C=O) groups excluding carboxylic acids is 1. The van der Waals surface area contributed by atoms with Crippen LogP contribution in [0.25, 0.3) is 0 Å². The van der Waals surface area contributed by atoms with Crippen LogP contribution in [0, 0.1) is 5.92 Å². The third-order valence-electron chi connectivity index (χ3n) is 1.18. The Morgan fingerprint density at radius 3 is 2.38 bits per heavy atom. The van der Waals surface area contributed by atoms with Gasteiger partial charge >= 0.3 is 5.97 Å². The van der Waals surface area contributed by atoms with Crippen molar-refractivity contribution in [2.24, 2.45) is 5.92 Å². The molecular formula is C8H14O4S. The molecule has 0 rings (SSSR count). The van der Waals surface area contributed by atoms with E-state index in [0.717, 1.165) is 11.5 Å². The maximum Gasteiger partial charge on any atom is 0.331 e. The van der Waals surface area contributed by atoms with Crippen LogP contribution in [0.15, 0.2) is 11.5 Å². The first-order valence-electron chi connectivity index (χ1n) is 3.86. The van der Waals surface area contributed by atoms with Crippen molar-refractivity contribution in [3.8, 4) is 0 Å². The first-order chi connectivity index (χ1) is 5.87. The molecule has 0 heterocycles. The van der Waals surface area contributed by atoms with Gasteiger partial charge in [0.1, 0.15) is 0 Å². The van der Waals surface area contributed by atoms with E-state index in [2.05, 4.69) is 4.74 Å². The highest BCUT2D eigenvalue weighted by Gasteiger charge is 2.09. The minimum Gasteiger partial charge on any atom is -0.466 e. The van der Waals surface area contributed by atoms with Crippen molar-refractivity contribution in [1.29, 1.82) is 0 Å². The molecule has 0 saturated carbocycles. The van der Waals surface area contributed by atoms with Crippen molar-refractivity contribution in [2.75, 3.05) is 12.9 Å². The standard InChI is InChI=1S/C8H14O4S/c1-7(2)6-13(10,11)5-4-8(9)12-3/h4-5,7H,6H2,1-3H3/b5-4+. The number of hydrogen-bond donors (Lipinski definition) is 0. The maximum atomic E-state index is 11.2. The van der Waals surface area contributed by atoms with Crippen LogP contribution in [0.5, 0.6) is 0 Å². The fourth-order valence-electron chi connectivity index (χ4n) is 0.747. The van der Waals surface area contributed by atoms with Gasteiger partial charge in [0.25, 0.3) is 0 Å². The van der Waals surface area contributed by atoms with Crippen molar-refractivity contribution < 1.29 is 17.9 Å². The van der Waals surface area contributed by atoms with Crippen molar-refractivity contribution >= 4 is 15.8 Å². The zero-order valence-electron chi connectivity index (χ0n) is 7.98. The summed E-state index contributed by atoms with van der Waals surface area (Å²) in [6.07, 6.45) is 0.914. The van der Waals surface area contributed by atoms with Crippen LogP contribution in [0.1, 0.15) is 13.8 Å². The number of rotatable bonds is 4. The molecule has 76 valence electrons. The van der Waals surface area contributed by atoms with Gasteiger partial charge in [0, 0.05) is 11.5 Å². The number of ether oxygens (including phenoxy) is 1. The average molecular weight is 206 g/mol. The van der Waals surface area contributed by atoms with Gasteiger partial charge in [-0.15, -0.1) is 0 Å². The highest BCUT2D eigenvalue weighted by atomic mass is 32.2. The molecule has 0 radical (unpaired) electrons. The third-order valence-corrected chi connectivity index (χ3v) is 2.86. The normalized spacial score (nSPS) is 12.3. The summed E-state index contributed by atoms with van der Waals surface area (Å²) in [6, 6.07) is 0. The van der Waals surface area contributed by atoms with E-state index in [1.165, 1.54) is 7.11 Å². The Morgan fingerprint density at radius 2 is 2.00 bits per heavy atom. The van der Waals surface area contributed by atoms with Crippen LogP contribution in [0.2, 0.25) is 0 Å². The van der Waals surface area contributed by atoms with E-state index in [1.54, 1.807) is 13.8 Å². The number of hydrogen-bond acceptors (Lipinski definition) is 4. The van der Waals surface area contributed by atoms with Crippen LogP contribution in [0.4, 0.5) is 0 Å². The Morgan fingerprint density at radius 1 is 1.46 bits per heavy atom. The Labute approximate surface area is 78.5 Å². The molecule has 0 unspecified atom stereocenters. The predicted octanol–water partition coefficient (Wildman–Crippen LogP) is 0.744. The number of carbonyl (C=O) groups is 1. The van der Waals surface area contributed by atoms with Crippen LogP contribution in [-0.2, 0) is 19.4 Å². The summed E-state index contributed by atoms with van der Waals surface area (Å²) in [5, 5.41) is 0.888. The van der Waals surface area contributed by atoms with E-state index >= 15 is 0 Å². The zero-order valence-corrected chi connectivity index (χ0v) is 8.80. The van der Waals surface area contributed by atoms with Crippen LogP contribution in [-0.4, -0.2) is 27.2 Å². The summed E-state index contributed by atoms with van der Waals surface area (Å²) in [6.45, 7) is 3.59. The Kier molecular flexibility index (Phi) is 4.69. The van der Waals surface area contributed by atoms with Crippen molar-refractivity contribution in [3.05, 3.63) is 11.5 Å². The predicted molar refractivity (Wildman–Crippen MR) is 49.8 cm³/mol. The van der Waals surface area contributed by atoms with Crippen LogP contribution >= 0.6 is 0 Å². The maximum absolute atomic E-state index is 11.2. The van der Waals surface area contributed by atoms with Gasteiger partial charge in [-0.2, -0.15) is 0 Å². The molecule has 4 nitrogen and oxygen atoms in total. The summed E-state index contributed by atoms with van der Waals surface area (Å²) in [4.78, 5) is 10.6. The Balaban J connectivity index is 4.34. The quantitative estimate of drug-likeness (QED) is 0.503. The lowest BCUT2D eigenvalue weighted by Gasteiger charge is -2.01. The molecule has 0 aromatic carbocycles. The fraction of sp³-hybridized carbons (Fsp3) is 0.625. The van der Waals surface area contributed by atoms with Gasteiger partial charge in [-0.25, -0.2) is 13.2 Å². The summed E-state index contributed by atoms with van der Waals surface area (Å²) in [7, 11) is -2.07. The molecule has 0 spiro atoms. The zero-order chi connectivity index (χ0) is 10.5. The van der Waals surface area contributed by atoms with Gasteiger partial charge in [0.2, 0.25) is 0 Å². The summed E-state index contributed by atoms with van der Waals surface area (Å²) < 4.78 is 26.6. The molecule has 0 aliphatic rings. The number of methoxy groups -OCH3 is 1. The second kappa shape index (κ2) is 5.01. The number of esters is 1. The molecule has 0 aliphatic carbocycles. The smallest absolute Gasteiger partial charge is 0.331 e. The van der Waals surface area contributed by atoms with E-state index in [9.17, 15) is 13.2 Å². The van der Waals surface area contributed by atoms with Gasteiger partial charge in [-0.05, 0) is 5.92 Å². The SMILES string of the molecule is COC(=O)/C=C/S(=O)(=O)CC(C)C. The molecule has 0 atom stereocenters. The summed E-state index contributed by atoms with van der Waals surface area (Å²) >= 11 is 0. The molecule has 13 heavy (non-hydrogen) atoms. The van der Waals surface area contributed by atoms with Gasteiger partial charge in [0.15, 0.2) is 9.84 Å². The molecule has 0 aliphatic heterocycles. The molecule has 5 heteroatoms. The molecular weight excluding hydrogens is 192 g/mol. The van der Waals surface area contributed by atoms with Gasteiger partial charge in [-0.1, -0.05) is 13.8 Å². The fourth-order valence-corrected chi connectivity index (χ4v) is 2.11. The lowest BCUT2D eigenvalue weighted by atomic mass is 10.3. The van der Waals surface area contributed by atoms with Crippen molar-refractivity contribution in [2.45, 2.75) is 13.8 Å². The minimum absolute atomic E-state index is 0.0422. The molecule has 0 aromatic heterocycles. The second-order valence-corrected chi connectivity index (χ2v) is 4.98. The molecule has 0 amide bonds. The first kappa shape index (κ1) is 12.2. The highest BCUT2D eigenvalue weighted by Crippen LogP contribution is 2.01. The minimum atomic E-state index is -3.27. The van der Waals surface area contributed by atoms with E-state index in [-0.39, 0.29) is 11.7 Å². The number of sulfone groups is 1. The van der Waals surface area contributed by atoms with Crippen molar-refractivity contribution in [3.63, 3.8) is 0 Å². The van der Waals surface area contributed by atoms with E-state index in [0.29, 0.717) is 0 Å². The monoisotopic (exact) mass is 206 g/mol. The second-order valence-electron chi connectivity index (χ2n) is 3.05. The van der Waals surface area contributed by atoms with E-state index in [4.69, 9.17) is 0 Å². The summed E-state index contributed by atoms with van der Waals surface area (Å²) in [5.74, 6) is -0.569. The van der Waals surface area contributed by atoms with E-state index < -0.39 is 15.8 Å². The van der Waals surface area contributed by atoms with Gasteiger partial charge in [0.05, 0.1) is 12.9 Å². The highest BCUT2D eigenvalue weighted by molar-refractivity contribution is 7.94. The van der Waals surface area contributed by atoms with E-state index in [1.807, 2.05) is 0 Å². The topological polar surface area (TPSA) is 60.4 Å².